The van der Waals surface area contributed by atoms with Crippen LogP contribution in [0.5, 0.6) is 0 Å². The molecule has 1 aromatic carbocycles. The summed E-state index contributed by atoms with van der Waals surface area (Å²) in [6.45, 7) is 6.38. The zero-order chi connectivity index (χ0) is 15.5. The zero-order valence-corrected chi connectivity index (χ0v) is 13.2. The van der Waals surface area contributed by atoms with Crippen molar-refractivity contribution in [3.8, 4) is 0 Å². The number of pyridine rings is 1. The first kappa shape index (κ1) is 15.3. The summed E-state index contributed by atoms with van der Waals surface area (Å²) in [5.41, 5.74) is 3.04. The summed E-state index contributed by atoms with van der Waals surface area (Å²) in [4.78, 5) is 4.00. The number of hydrogen-bond acceptors (Lipinski definition) is 4. The van der Waals surface area contributed by atoms with Gasteiger partial charge in [0, 0.05) is 18.4 Å². The molecule has 0 saturated heterocycles. The first-order valence-corrected chi connectivity index (χ1v) is 8.20. The van der Waals surface area contributed by atoms with Crippen molar-refractivity contribution in [2.24, 2.45) is 0 Å². The predicted octanol–water partition coefficient (Wildman–Crippen LogP) is 2.93. The molecule has 0 saturated carbocycles. The van der Waals surface area contributed by atoms with Crippen LogP contribution in [0.15, 0.2) is 41.6 Å². The Morgan fingerprint density at radius 3 is 2.43 bits per heavy atom. The molecule has 0 spiro atoms. The lowest BCUT2D eigenvalue weighted by Crippen LogP contribution is -2.17. The van der Waals surface area contributed by atoms with Crippen LogP contribution in [0.4, 0.5) is 11.4 Å². The summed E-state index contributed by atoms with van der Waals surface area (Å²) in [6.07, 6.45) is 1.47. The molecule has 0 bridgehead atoms. The van der Waals surface area contributed by atoms with Crippen LogP contribution in [-0.2, 0) is 10.0 Å². The highest BCUT2D eigenvalue weighted by atomic mass is 32.2. The van der Waals surface area contributed by atoms with Crippen LogP contribution in [0.25, 0.3) is 0 Å². The van der Waals surface area contributed by atoms with E-state index in [0.717, 1.165) is 11.1 Å². The Morgan fingerprint density at radius 1 is 1.14 bits per heavy atom. The Hall–Kier alpha value is -2.08. The molecular weight excluding hydrogens is 286 g/mol. The highest BCUT2D eigenvalue weighted by Gasteiger charge is 2.20. The molecule has 1 heterocycles. The molecule has 2 rings (SSSR count). The average Bonchev–Trinajstić information content (AvgIpc) is 2.37. The van der Waals surface area contributed by atoms with Gasteiger partial charge >= 0.3 is 0 Å². The van der Waals surface area contributed by atoms with Crippen LogP contribution in [0.3, 0.4) is 0 Å². The minimum absolute atomic E-state index is 0.00556. The number of sulfonamides is 1. The first-order valence-electron chi connectivity index (χ1n) is 6.72. The molecule has 112 valence electrons. The third kappa shape index (κ3) is 3.72. The smallest absolute Gasteiger partial charge is 0.281 e. The van der Waals surface area contributed by atoms with Gasteiger partial charge in [0.2, 0.25) is 0 Å². The van der Waals surface area contributed by atoms with E-state index in [0.29, 0.717) is 17.9 Å². The molecule has 0 amide bonds. The minimum atomic E-state index is -3.72. The van der Waals surface area contributed by atoms with E-state index in [9.17, 15) is 8.42 Å². The van der Waals surface area contributed by atoms with E-state index in [1.165, 1.54) is 6.20 Å². The lowest BCUT2D eigenvalue weighted by Gasteiger charge is -2.12. The molecule has 2 aromatic rings. The summed E-state index contributed by atoms with van der Waals surface area (Å²) in [7, 11) is -3.72. The average molecular weight is 305 g/mol. The molecule has 6 heteroatoms. The van der Waals surface area contributed by atoms with Gasteiger partial charge in [-0.1, -0.05) is 6.07 Å². The maximum atomic E-state index is 12.5. The Balaban J connectivity index is 2.38. The quantitative estimate of drug-likeness (QED) is 0.891. The van der Waals surface area contributed by atoms with Crippen molar-refractivity contribution < 1.29 is 8.42 Å². The fourth-order valence-electron chi connectivity index (χ4n) is 2.17. The number of aryl methyl sites for hydroxylation is 2. The predicted molar refractivity (Wildman–Crippen MR) is 85.1 cm³/mol. The van der Waals surface area contributed by atoms with Gasteiger partial charge in [0.05, 0.1) is 5.69 Å². The van der Waals surface area contributed by atoms with Crippen molar-refractivity contribution in [1.82, 2.24) is 4.98 Å². The van der Waals surface area contributed by atoms with Crippen molar-refractivity contribution >= 4 is 21.4 Å². The van der Waals surface area contributed by atoms with Gasteiger partial charge < -0.3 is 5.32 Å². The standard InChI is InChI=1S/C15H19N3O2S/c1-4-16-14-6-5-7-17-15(14)21(19,20)18-13-9-11(2)8-12(3)10-13/h5-10,16,18H,4H2,1-3H3. The van der Waals surface area contributed by atoms with E-state index < -0.39 is 10.0 Å². The van der Waals surface area contributed by atoms with Gasteiger partial charge in [-0.3, -0.25) is 4.72 Å². The SMILES string of the molecule is CCNc1cccnc1S(=O)(=O)Nc1cc(C)cc(C)c1. The lowest BCUT2D eigenvalue weighted by molar-refractivity contribution is 0.598. The maximum absolute atomic E-state index is 12.5. The number of hydrogen-bond donors (Lipinski definition) is 2. The second-order valence-corrected chi connectivity index (χ2v) is 6.47. The first-order chi connectivity index (χ1) is 9.92. The Bertz CT molecular complexity index is 722. The summed E-state index contributed by atoms with van der Waals surface area (Å²) in [6, 6.07) is 8.98. The lowest BCUT2D eigenvalue weighted by atomic mass is 10.1. The summed E-state index contributed by atoms with van der Waals surface area (Å²) >= 11 is 0. The molecule has 0 aliphatic heterocycles. The van der Waals surface area contributed by atoms with Crippen molar-refractivity contribution in [3.05, 3.63) is 47.7 Å². The monoisotopic (exact) mass is 305 g/mol. The molecule has 0 atom stereocenters. The summed E-state index contributed by atoms with van der Waals surface area (Å²) in [5.74, 6) is 0. The third-order valence-corrected chi connectivity index (χ3v) is 4.21. The van der Waals surface area contributed by atoms with E-state index in [4.69, 9.17) is 0 Å². The highest BCUT2D eigenvalue weighted by Crippen LogP contribution is 2.22. The fourth-order valence-corrected chi connectivity index (χ4v) is 3.32. The summed E-state index contributed by atoms with van der Waals surface area (Å²) < 4.78 is 27.6. The Labute approximate surface area is 125 Å². The van der Waals surface area contributed by atoms with Crippen molar-refractivity contribution in [3.63, 3.8) is 0 Å². The second-order valence-electron chi connectivity index (χ2n) is 4.87. The van der Waals surface area contributed by atoms with Crippen molar-refractivity contribution in [2.75, 3.05) is 16.6 Å². The van der Waals surface area contributed by atoms with Gasteiger partial charge in [-0.2, -0.15) is 8.42 Å². The maximum Gasteiger partial charge on any atom is 0.281 e. The molecule has 0 aliphatic carbocycles. The second kappa shape index (κ2) is 6.13. The van der Waals surface area contributed by atoms with Gasteiger partial charge in [0.1, 0.15) is 0 Å². The molecule has 0 aliphatic rings. The topological polar surface area (TPSA) is 71.1 Å². The van der Waals surface area contributed by atoms with Gasteiger partial charge in [-0.25, -0.2) is 4.98 Å². The fraction of sp³-hybridized carbons (Fsp3) is 0.267. The van der Waals surface area contributed by atoms with Crippen LogP contribution < -0.4 is 10.0 Å². The molecule has 5 nitrogen and oxygen atoms in total. The van der Waals surface area contributed by atoms with E-state index in [1.807, 2.05) is 26.8 Å². The van der Waals surface area contributed by atoms with E-state index >= 15 is 0 Å². The third-order valence-electron chi connectivity index (χ3n) is 2.87. The number of nitrogens with zero attached hydrogens (tertiary/aromatic N) is 1. The van der Waals surface area contributed by atoms with E-state index in [1.54, 1.807) is 24.3 Å². The van der Waals surface area contributed by atoms with Gasteiger partial charge in [0.15, 0.2) is 5.03 Å². The highest BCUT2D eigenvalue weighted by molar-refractivity contribution is 7.92. The molecule has 0 fully saturated rings. The van der Waals surface area contributed by atoms with Crippen LogP contribution in [-0.4, -0.2) is 19.9 Å². The van der Waals surface area contributed by atoms with Crippen LogP contribution >= 0.6 is 0 Å². The largest absolute Gasteiger partial charge is 0.383 e. The van der Waals surface area contributed by atoms with Gasteiger partial charge in [-0.05, 0) is 56.2 Å². The number of aromatic nitrogens is 1. The van der Waals surface area contributed by atoms with Crippen LogP contribution in [0, 0.1) is 13.8 Å². The van der Waals surface area contributed by atoms with Gasteiger partial charge in [-0.15, -0.1) is 0 Å². The van der Waals surface area contributed by atoms with E-state index in [-0.39, 0.29) is 5.03 Å². The van der Waals surface area contributed by atoms with Crippen LogP contribution in [0.2, 0.25) is 0 Å². The number of rotatable bonds is 5. The van der Waals surface area contributed by atoms with Gasteiger partial charge in [0.25, 0.3) is 10.0 Å². The molecule has 2 N–H and O–H groups in total. The van der Waals surface area contributed by atoms with Crippen molar-refractivity contribution in [2.45, 2.75) is 25.8 Å². The Morgan fingerprint density at radius 2 is 1.81 bits per heavy atom. The number of anilines is 2. The zero-order valence-electron chi connectivity index (χ0n) is 12.3. The molecule has 1 aromatic heterocycles. The normalized spacial score (nSPS) is 11.2. The van der Waals surface area contributed by atoms with E-state index in [2.05, 4.69) is 15.0 Å². The number of nitrogens with one attached hydrogen (secondary N) is 2. The Kier molecular flexibility index (Phi) is 4.47. The summed E-state index contributed by atoms with van der Waals surface area (Å²) in [5, 5.41) is 3.01. The molecule has 0 radical (unpaired) electrons. The molecule has 21 heavy (non-hydrogen) atoms. The van der Waals surface area contributed by atoms with Crippen molar-refractivity contribution in [1.29, 1.82) is 0 Å². The molecule has 0 unspecified atom stereocenters. The number of benzene rings is 1. The molecular formula is C15H19N3O2S. The minimum Gasteiger partial charge on any atom is -0.383 e. The van der Waals surface area contributed by atoms with Crippen LogP contribution in [0.1, 0.15) is 18.1 Å².